The van der Waals surface area contributed by atoms with Gasteiger partial charge in [-0.05, 0) is 43.4 Å². The molecule has 34 heavy (non-hydrogen) atoms. The van der Waals surface area contributed by atoms with E-state index in [9.17, 15) is 15.0 Å². The van der Waals surface area contributed by atoms with Crippen LogP contribution in [0.15, 0.2) is 24.5 Å². The third kappa shape index (κ3) is 3.28. The van der Waals surface area contributed by atoms with Crippen molar-refractivity contribution >= 4 is 34.1 Å². The fourth-order valence-corrected chi connectivity index (χ4v) is 4.87. The predicted octanol–water partition coefficient (Wildman–Crippen LogP) is 3.77. The van der Waals surface area contributed by atoms with Gasteiger partial charge in [0.15, 0.2) is 5.82 Å². The number of halogens is 1. The van der Waals surface area contributed by atoms with Crippen LogP contribution in [-0.2, 0) is 0 Å². The summed E-state index contributed by atoms with van der Waals surface area (Å²) in [5, 5.41) is 24.4. The molecule has 2 aromatic heterocycles. The maximum absolute atomic E-state index is 15.4. The molecule has 3 heterocycles. The highest BCUT2D eigenvalue weighted by atomic mass is 19.1. The molecule has 178 valence electrons. The summed E-state index contributed by atoms with van der Waals surface area (Å²) in [6.07, 6.45) is 2.06. The minimum absolute atomic E-state index is 0.0744. The van der Waals surface area contributed by atoms with Gasteiger partial charge in [-0.3, -0.25) is 4.90 Å². The molecule has 1 aliphatic carbocycles. The summed E-state index contributed by atoms with van der Waals surface area (Å²) >= 11 is 0. The van der Waals surface area contributed by atoms with Crippen LogP contribution >= 0.6 is 0 Å². The largest absolute Gasteiger partial charge is 0.474 e. The van der Waals surface area contributed by atoms with E-state index in [1.165, 1.54) is 6.20 Å². The van der Waals surface area contributed by atoms with Crippen molar-refractivity contribution in [2.24, 2.45) is 5.92 Å². The molecule has 1 fully saturated rings. The van der Waals surface area contributed by atoms with Crippen LogP contribution in [0, 0.1) is 18.7 Å². The van der Waals surface area contributed by atoms with E-state index in [2.05, 4.69) is 15.3 Å². The molecule has 0 radical (unpaired) electrons. The van der Waals surface area contributed by atoms with Crippen molar-refractivity contribution in [3.8, 4) is 17.0 Å². The minimum atomic E-state index is -1.17. The minimum Gasteiger partial charge on any atom is -0.474 e. The number of nitrogens with zero attached hydrogens (tertiary/aromatic N) is 3. The fourth-order valence-electron chi connectivity index (χ4n) is 4.87. The average molecular weight is 468 g/mol. The third-order valence-electron chi connectivity index (χ3n) is 7.19. The molecule has 9 nitrogen and oxygen atoms in total. The summed E-state index contributed by atoms with van der Waals surface area (Å²) in [5.41, 5.74) is 7.42. The van der Waals surface area contributed by atoms with Crippen LogP contribution in [0.1, 0.15) is 25.8 Å². The van der Waals surface area contributed by atoms with Gasteiger partial charge in [-0.25, -0.2) is 19.2 Å². The van der Waals surface area contributed by atoms with Crippen molar-refractivity contribution < 1.29 is 24.1 Å². The first kappa shape index (κ1) is 22.1. The maximum Gasteiger partial charge on any atom is 0.413 e. The number of rotatable bonds is 3. The van der Waals surface area contributed by atoms with Crippen LogP contribution in [0.5, 0.6) is 5.88 Å². The molecule has 3 atom stereocenters. The van der Waals surface area contributed by atoms with Crippen LogP contribution in [0.2, 0.25) is 0 Å². The summed E-state index contributed by atoms with van der Waals surface area (Å²) in [5.74, 6) is -0.202. The molecule has 5 N–H and O–H groups in total. The standard InChI is InChI=1S/C24H26FN5O4/c1-11-15(9-29-22-21(11)27-4-5-34-22)14-6-13-7-18(28-10-16(13)20(26)19(14)25)30(23(31)32)17-8-24(3,33)12(17)2/h6-7,9-10,12,17,27,33H,4-5,8,26H2,1-3H3,(H,31,32)/t12-,17+,24+/m1/s1. The van der Waals surface area contributed by atoms with Crippen molar-refractivity contribution in [1.29, 1.82) is 0 Å². The molecular weight excluding hydrogens is 441 g/mol. The lowest BCUT2D eigenvalue weighted by Gasteiger charge is -2.51. The first-order valence-electron chi connectivity index (χ1n) is 11.1. The zero-order chi connectivity index (χ0) is 24.4. The smallest absolute Gasteiger partial charge is 0.413 e. The van der Waals surface area contributed by atoms with Crippen LogP contribution in [-0.4, -0.2) is 51.1 Å². The van der Waals surface area contributed by atoms with Gasteiger partial charge in [-0.15, -0.1) is 0 Å². The van der Waals surface area contributed by atoms with Gasteiger partial charge in [0, 0.05) is 47.4 Å². The van der Waals surface area contributed by atoms with Crippen molar-refractivity contribution in [2.75, 3.05) is 29.1 Å². The normalized spacial score (nSPS) is 23.4. The highest BCUT2D eigenvalue weighted by Gasteiger charge is 2.51. The molecule has 0 bridgehead atoms. The number of ether oxygens (including phenoxy) is 1. The number of aliphatic hydroxyl groups is 1. The van der Waals surface area contributed by atoms with Gasteiger partial charge in [0.1, 0.15) is 18.1 Å². The summed E-state index contributed by atoms with van der Waals surface area (Å²) in [4.78, 5) is 21.9. The van der Waals surface area contributed by atoms with Gasteiger partial charge in [-0.1, -0.05) is 6.92 Å². The zero-order valence-electron chi connectivity index (χ0n) is 19.1. The lowest BCUT2D eigenvalue weighted by atomic mass is 9.67. The quantitative estimate of drug-likeness (QED) is 0.428. The molecule has 0 unspecified atom stereocenters. The number of hydrogen-bond acceptors (Lipinski definition) is 7. The maximum atomic E-state index is 15.4. The molecule has 1 aromatic carbocycles. The number of nitrogen functional groups attached to an aromatic ring is 1. The number of anilines is 3. The van der Waals surface area contributed by atoms with Crippen LogP contribution in [0.4, 0.5) is 26.4 Å². The molecule has 1 amide bonds. The second-order valence-electron chi connectivity index (χ2n) is 9.24. The van der Waals surface area contributed by atoms with E-state index in [0.29, 0.717) is 47.5 Å². The van der Waals surface area contributed by atoms with E-state index in [4.69, 9.17) is 10.5 Å². The van der Waals surface area contributed by atoms with E-state index in [1.807, 2.05) is 6.92 Å². The Balaban J connectivity index is 1.63. The van der Waals surface area contributed by atoms with E-state index < -0.39 is 23.6 Å². The third-order valence-corrected chi connectivity index (χ3v) is 7.19. The van der Waals surface area contributed by atoms with Gasteiger partial charge in [0.05, 0.1) is 11.3 Å². The number of pyridine rings is 2. The fraction of sp³-hybridized carbons (Fsp3) is 0.375. The van der Waals surface area contributed by atoms with Crippen molar-refractivity contribution in [3.05, 3.63) is 35.9 Å². The van der Waals surface area contributed by atoms with Crippen LogP contribution in [0.25, 0.3) is 21.9 Å². The second kappa shape index (κ2) is 7.69. The number of hydrogen-bond donors (Lipinski definition) is 4. The topological polar surface area (TPSA) is 134 Å². The van der Waals surface area contributed by atoms with Gasteiger partial charge < -0.3 is 26.0 Å². The Hall–Kier alpha value is -3.66. The van der Waals surface area contributed by atoms with Crippen LogP contribution < -0.4 is 20.7 Å². The first-order chi connectivity index (χ1) is 16.1. The Kier molecular flexibility index (Phi) is 5.01. The molecule has 0 spiro atoms. The number of fused-ring (bicyclic) bond motifs is 2. The zero-order valence-corrected chi connectivity index (χ0v) is 19.1. The lowest BCUT2D eigenvalue weighted by molar-refractivity contribution is -0.0852. The first-order valence-corrected chi connectivity index (χ1v) is 11.1. The molecule has 1 aliphatic heterocycles. The number of amides is 1. The molecule has 1 saturated carbocycles. The lowest BCUT2D eigenvalue weighted by Crippen LogP contribution is -2.62. The summed E-state index contributed by atoms with van der Waals surface area (Å²) < 4.78 is 20.9. The van der Waals surface area contributed by atoms with E-state index in [-0.39, 0.29) is 23.0 Å². The molecule has 5 rings (SSSR count). The Morgan fingerprint density at radius 2 is 2.09 bits per heavy atom. The SMILES string of the molecule is Cc1c(-c2cc3cc(N(C(=O)O)[C@H]4C[C@](C)(O)[C@@H]4C)ncc3c(N)c2F)cnc2c1NCCO2. The number of nitrogens with one attached hydrogen (secondary N) is 1. The number of carboxylic acid groups (broad SMARTS) is 1. The van der Waals surface area contributed by atoms with Crippen molar-refractivity contribution in [1.82, 2.24) is 9.97 Å². The number of aromatic nitrogens is 2. The van der Waals surface area contributed by atoms with E-state index >= 15 is 4.39 Å². The number of carbonyl (C=O) groups is 1. The second-order valence-corrected chi connectivity index (χ2v) is 9.24. The Morgan fingerprint density at radius 1 is 1.32 bits per heavy atom. The van der Waals surface area contributed by atoms with Gasteiger partial charge in [0.2, 0.25) is 5.88 Å². The van der Waals surface area contributed by atoms with Crippen LogP contribution in [0.3, 0.4) is 0 Å². The summed E-state index contributed by atoms with van der Waals surface area (Å²) in [6.45, 7) is 6.47. The van der Waals surface area contributed by atoms with Crippen molar-refractivity contribution in [3.63, 3.8) is 0 Å². The number of benzene rings is 1. The summed E-state index contributed by atoms with van der Waals surface area (Å²) in [6, 6.07) is 2.80. The van der Waals surface area contributed by atoms with E-state index in [0.717, 1.165) is 10.5 Å². The molecule has 0 saturated heterocycles. The molecule has 3 aromatic rings. The predicted molar refractivity (Wildman–Crippen MR) is 127 cm³/mol. The number of nitrogens with two attached hydrogens (primary N) is 1. The Bertz CT molecular complexity index is 1330. The highest BCUT2D eigenvalue weighted by Crippen LogP contribution is 2.44. The molecule has 2 aliphatic rings. The van der Waals surface area contributed by atoms with Gasteiger partial charge in [0.25, 0.3) is 0 Å². The monoisotopic (exact) mass is 467 g/mol. The van der Waals surface area contributed by atoms with E-state index in [1.54, 1.807) is 32.2 Å². The average Bonchev–Trinajstić information content (AvgIpc) is 2.81. The Morgan fingerprint density at radius 3 is 2.76 bits per heavy atom. The summed E-state index contributed by atoms with van der Waals surface area (Å²) in [7, 11) is 0. The van der Waals surface area contributed by atoms with Gasteiger partial charge in [-0.2, -0.15) is 0 Å². The molecular formula is C24H26FN5O4. The Labute approximate surface area is 195 Å². The van der Waals surface area contributed by atoms with Gasteiger partial charge >= 0.3 is 6.09 Å². The van der Waals surface area contributed by atoms with Crippen molar-refractivity contribution in [2.45, 2.75) is 38.8 Å². The molecule has 10 heteroatoms. The highest BCUT2D eigenvalue weighted by molar-refractivity contribution is 6.00.